The lowest BCUT2D eigenvalue weighted by molar-refractivity contribution is 0.666. The van der Waals surface area contributed by atoms with Crippen molar-refractivity contribution in [3.63, 3.8) is 0 Å². The van der Waals surface area contributed by atoms with Gasteiger partial charge in [-0.3, -0.25) is 0 Å². The van der Waals surface area contributed by atoms with Crippen molar-refractivity contribution in [3.05, 3.63) is 231 Å². The Hall–Kier alpha value is -8.40. The molecule has 0 N–H and O–H groups in total. The van der Waals surface area contributed by atoms with Gasteiger partial charge in [-0.1, -0.05) is 182 Å². The van der Waals surface area contributed by atoms with E-state index >= 15 is 0 Å². The van der Waals surface area contributed by atoms with Crippen molar-refractivity contribution in [2.24, 2.45) is 0 Å². The largest absolute Gasteiger partial charge is 0.454 e. The van der Waals surface area contributed by atoms with E-state index in [1.54, 1.807) is 0 Å². The first-order chi connectivity index (χ1) is 31.3. The van der Waals surface area contributed by atoms with E-state index in [9.17, 15) is 0 Å². The van der Waals surface area contributed by atoms with E-state index < -0.39 is 0 Å². The molecule has 0 atom stereocenters. The highest BCUT2D eigenvalue weighted by Gasteiger charge is 2.23. The molecule has 3 aromatic heterocycles. The number of fused-ring (bicyclic) bond motifs is 9. The Balaban J connectivity index is 1.04. The van der Waals surface area contributed by atoms with E-state index in [-0.39, 0.29) is 0 Å². The summed E-state index contributed by atoms with van der Waals surface area (Å²) in [6.07, 6.45) is 0. The van der Waals surface area contributed by atoms with Crippen LogP contribution in [0.1, 0.15) is 0 Å². The first kappa shape index (κ1) is 35.4. The first-order valence-electron chi connectivity index (χ1n) is 21.6. The fourth-order valence-electron chi connectivity index (χ4n) is 10.2. The van der Waals surface area contributed by atoms with Gasteiger partial charge in [-0.15, -0.1) is 0 Å². The number of rotatable bonds is 6. The summed E-state index contributed by atoms with van der Waals surface area (Å²) in [7, 11) is 0. The van der Waals surface area contributed by atoms with Gasteiger partial charge in [0, 0.05) is 38.0 Å². The summed E-state index contributed by atoms with van der Waals surface area (Å²) in [4.78, 5) is 0. The normalized spacial score (nSPS) is 11.8. The second-order valence-electron chi connectivity index (χ2n) is 16.4. The van der Waals surface area contributed by atoms with Crippen LogP contribution in [0.2, 0.25) is 0 Å². The van der Waals surface area contributed by atoms with E-state index in [1.165, 1.54) is 71.5 Å². The molecule has 10 aromatic carbocycles. The maximum absolute atomic E-state index is 6.97. The molecule has 3 heteroatoms. The van der Waals surface area contributed by atoms with Crippen molar-refractivity contribution in [1.82, 2.24) is 9.13 Å². The van der Waals surface area contributed by atoms with Crippen molar-refractivity contribution in [2.45, 2.75) is 0 Å². The lowest BCUT2D eigenvalue weighted by Crippen LogP contribution is -1.96. The van der Waals surface area contributed by atoms with Crippen LogP contribution in [0.4, 0.5) is 0 Å². The molecule has 0 aliphatic carbocycles. The quantitative estimate of drug-likeness (QED) is 0.164. The predicted octanol–water partition coefficient (Wildman–Crippen LogP) is 16.4. The molecule has 0 saturated heterocycles. The van der Waals surface area contributed by atoms with Crippen molar-refractivity contribution >= 4 is 65.6 Å². The third-order valence-corrected chi connectivity index (χ3v) is 12.9. The van der Waals surface area contributed by atoms with Crippen LogP contribution in [0.5, 0.6) is 0 Å². The molecule has 3 nitrogen and oxygen atoms in total. The summed E-state index contributed by atoms with van der Waals surface area (Å²) in [5, 5.41) is 7.10. The van der Waals surface area contributed by atoms with E-state index in [1.807, 2.05) is 0 Å². The van der Waals surface area contributed by atoms with Crippen LogP contribution in [-0.2, 0) is 0 Å². The van der Waals surface area contributed by atoms with E-state index in [0.717, 1.165) is 49.9 Å². The Morgan fingerprint density at radius 1 is 0.286 bits per heavy atom. The van der Waals surface area contributed by atoms with Gasteiger partial charge < -0.3 is 13.6 Å². The fourth-order valence-corrected chi connectivity index (χ4v) is 10.2. The molecule has 13 aromatic rings. The lowest BCUT2D eigenvalue weighted by Gasteiger charge is -2.14. The Bertz CT molecular complexity index is 3900. The first-order valence-corrected chi connectivity index (χ1v) is 21.6. The van der Waals surface area contributed by atoms with Gasteiger partial charge >= 0.3 is 0 Å². The molecule has 0 unspecified atom stereocenters. The van der Waals surface area contributed by atoms with Crippen LogP contribution in [0.3, 0.4) is 0 Å². The zero-order valence-corrected chi connectivity index (χ0v) is 34.2. The molecule has 0 saturated carbocycles. The van der Waals surface area contributed by atoms with E-state index in [4.69, 9.17) is 4.42 Å². The highest BCUT2D eigenvalue weighted by atomic mass is 16.3. The lowest BCUT2D eigenvalue weighted by atomic mass is 9.91. The van der Waals surface area contributed by atoms with E-state index in [0.29, 0.717) is 0 Å². The number of furan rings is 1. The Morgan fingerprint density at radius 3 is 1.71 bits per heavy atom. The maximum atomic E-state index is 6.97. The van der Waals surface area contributed by atoms with Crippen LogP contribution in [0.15, 0.2) is 235 Å². The summed E-state index contributed by atoms with van der Waals surface area (Å²) >= 11 is 0. The zero-order valence-electron chi connectivity index (χ0n) is 34.2. The number of hydrogen-bond donors (Lipinski definition) is 0. The average Bonchev–Trinajstić information content (AvgIpc) is 4.02. The molecular weight excluding hydrogens is 765 g/mol. The maximum Gasteiger partial charge on any atom is 0.160 e. The minimum Gasteiger partial charge on any atom is -0.454 e. The number of nitrogens with zero attached hydrogens (tertiary/aromatic N) is 2. The SMILES string of the molecule is c1ccc(-c2cccc(-n3c4ccccc4c4ccc(-c5cccc6c5c5ccccc5n6-c5ccc(-c6ccccc6-c6ccccc6)c6c5oc5ccccc56)cc43)c2)cc1. The molecule has 0 radical (unpaired) electrons. The second kappa shape index (κ2) is 14.1. The summed E-state index contributed by atoms with van der Waals surface area (Å²) in [5.74, 6) is 0. The minimum absolute atomic E-state index is 0.869. The molecule has 13 rings (SSSR count). The topological polar surface area (TPSA) is 23.0 Å². The highest BCUT2D eigenvalue weighted by molar-refractivity contribution is 6.20. The van der Waals surface area contributed by atoms with Gasteiger partial charge in [-0.2, -0.15) is 0 Å². The Morgan fingerprint density at radius 2 is 0.889 bits per heavy atom. The monoisotopic (exact) mass is 802 g/mol. The van der Waals surface area contributed by atoms with Crippen LogP contribution >= 0.6 is 0 Å². The standard InChI is InChI=1S/C60H38N2O/c1-3-17-39(18-4-1)41-21-15-22-43(37-41)61-52-29-12-9-25-47(52)48-34-33-42(38-56(48)61)45-28-16-31-54-58(45)50-26-10-13-30-53(50)62(54)55-36-35-49(59-51-27-11-14-32-57(51)63-60(55)59)46-24-8-7-23-44(46)40-19-5-2-6-20-40/h1-38H. The zero-order chi connectivity index (χ0) is 41.4. The van der Waals surface area contributed by atoms with Gasteiger partial charge in [0.15, 0.2) is 5.58 Å². The van der Waals surface area contributed by atoms with Crippen LogP contribution in [0.25, 0.3) is 121 Å². The summed E-state index contributed by atoms with van der Waals surface area (Å²) in [6, 6.07) is 83.3. The van der Waals surface area contributed by atoms with Crippen LogP contribution in [-0.4, -0.2) is 9.13 Å². The summed E-state index contributed by atoms with van der Waals surface area (Å²) in [5.41, 5.74) is 18.0. The van der Waals surface area contributed by atoms with Crippen LogP contribution in [0, 0.1) is 0 Å². The van der Waals surface area contributed by atoms with Crippen LogP contribution < -0.4 is 0 Å². The number of hydrogen-bond acceptors (Lipinski definition) is 1. The fraction of sp³-hybridized carbons (Fsp3) is 0. The van der Waals surface area contributed by atoms with Gasteiger partial charge in [0.1, 0.15) is 5.58 Å². The Kier molecular flexibility index (Phi) is 7.91. The number of benzene rings is 10. The predicted molar refractivity (Wildman–Crippen MR) is 264 cm³/mol. The van der Waals surface area contributed by atoms with Gasteiger partial charge in [0.2, 0.25) is 0 Å². The van der Waals surface area contributed by atoms with Gasteiger partial charge in [-0.25, -0.2) is 0 Å². The van der Waals surface area contributed by atoms with Gasteiger partial charge in [0.05, 0.1) is 27.8 Å². The molecule has 0 aliphatic rings. The van der Waals surface area contributed by atoms with Crippen molar-refractivity contribution < 1.29 is 4.42 Å². The molecule has 0 aliphatic heterocycles. The molecule has 0 bridgehead atoms. The molecule has 3 heterocycles. The third kappa shape index (κ3) is 5.46. The molecular formula is C60H38N2O. The molecule has 63 heavy (non-hydrogen) atoms. The Labute approximate surface area is 363 Å². The molecule has 0 fully saturated rings. The van der Waals surface area contributed by atoms with Crippen molar-refractivity contribution in [2.75, 3.05) is 0 Å². The third-order valence-electron chi connectivity index (χ3n) is 12.9. The summed E-state index contributed by atoms with van der Waals surface area (Å²) < 4.78 is 11.8. The smallest absolute Gasteiger partial charge is 0.160 e. The molecule has 294 valence electrons. The van der Waals surface area contributed by atoms with E-state index in [2.05, 4.69) is 240 Å². The minimum atomic E-state index is 0.869. The van der Waals surface area contributed by atoms with Gasteiger partial charge in [-0.05, 0) is 93.0 Å². The van der Waals surface area contributed by atoms with Gasteiger partial charge in [0.25, 0.3) is 0 Å². The number of para-hydroxylation sites is 3. The molecule has 0 spiro atoms. The summed E-state index contributed by atoms with van der Waals surface area (Å²) in [6.45, 7) is 0. The molecule has 0 amide bonds. The highest BCUT2D eigenvalue weighted by Crippen LogP contribution is 2.46. The second-order valence-corrected chi connectivity index (χ2v) is 16.4. The number of aromatic nitrogens is 2. The van der Waals surface area contributed by atoms with Crippen molar-refractivity contribution in [3.8, 4) is 55.9 Å². The van der Waals surface area contributed by atoms with Crippen molar-refractivity contribution in [1.29, 1.82) is 0 Å². The average molecular weight is 803 g/mol.